The lowest BCUT2D eigenvalue weighted by Crippen LogP contribution is -2.10. The number of nitrogens with two attached hydrogens (primary N) is 1. The van der Waals surface area contributed by atoms with Crippen LogP contribution in [0.4, 0.5) is 11.4 Å². The van der Waals surface area contributed by atoms with Crippen molar-refractivity contribution >= 4 is 33.1 Å². The molecule has 0 aliphatic heterocycles. The fraction of sp³-hybridized carbons (Fsp3) is 0.111. The van der Waals surface area contributed by atoms with Gasteiger partial charge in [-0.2, -0.15) is 5.26 Å². The van der Waals surface area contributed by atoms with Gasteiger partial charge in [-0.05, 0) is 12.1 Å². The van der Waals surface area contributed by atoms with Crippen LogP contribution in [0.15, 0.2) is 12.1 Å². The molecule has 0 unspecified atom stereocenters. The van der Waals surface area contributed by atoms with Gasteiger partial charge in [-0.1, -0.05) is 15.9 Å². The highest BCUT2D eigenvalue weighted by Gasteiger charge is 2.26. The van der Waals surface area contributed by atoms with Crippen molar-refractivity contribution in [2.24, 2.45) is 0 Å². The van der Waals surface area contributed by atoms with Crippen LogP contribution in [0.5, 0.6) is 0 Å². The molecule has 6 nitrogen and oxygen atoms in total. The third kappa shape index (κ3) is 2.01. The number of nitrogen functional groups attached to an aromatic ring is 1. The minimum atomic E-state index is -0.773. The van der Waals surface area contributed by atoms with Gasteiger partial charge in [-0.3, -0.25) is 14.9 Å². The average molecular weight is 284 g/mol. The topological polar surface area (TPSA) is 110 Å². The summed E-state index contributed by atoms with van der Waals surface area (Å²) in [5.41, 5.74) is 4.57. The number of anilines is 1. The fourth-order valence-corrected chi connectivity index (χ4v) is 1.53. The van der Waals surface area contributed by atoms with Crippen LogP contribution in [0.25, 0.3) is 0 Å². The lowest BCUT2D eigenvalue weighted by molar-refractivity contribution is -0.385. The van der Waals surface area contributed by atoms with Crippen LogP contribution in [0.1, 0.15) is 15.9 Å². The number of Topliss-reactive ketones (excluding diaryl/α,β-unsaturated/α-hetero) is 1. The number of carbonyl (C=O) groups is 1. The number of nitro groups is 1. The average Bonchev–Trinajstić information content (AvgIpc) is 2.27. The molecule has 0 saturated carbocycles. The highest BCUT2D eigenvalue weighted by atomic mass is 79.9. The highest BCUT2D eigenvalue weighted by Crippen LogP contribution is 2.29. The van der Waals surface area contributed by atoms with Crippen LogP contribution < -0.4 is 5.73 Å². The summed E-state index contributed by atoms with van der Waals surface area (Å²) < 4.78 is 0. The van der Waals surface area contributed by atoms with Gasteiger partial charge in [0.05, 0.1) is 10.3 Å². The van der Waals surface area contributed by atoms with E-state index < -0.39 is 16.4 Å². The molecule has 0 amide bonds. The van der Waals surface area contributed by atoms with E-state index in [1.54, 1.807) is 6.07 Å². The maximum atomic E-state index is 11.5. The molecule has 0 aromatic heterocycles. The summed E-state index contributed by atoms with van der Waals surface area (Å²) in [6.07, 6.45) is 0. The molecule has 0 spiro atoms. The summed E-state index contributed by atoms with van der Waals surface area (Å²) in [6.45, 7) is 0. The van der Waals surface area contributed by atoms with Crippen LogP contribution in [0, 0.1) is 21.4 Å². The Morgan fingerprint density at radius 2 is 2.25 bits per heavy atom. The molecule has 7 heteroatoms. The van der Waals surface area contributed by atoms with Crippen molar-refractivity contribution in [2.45, 2.75) is 0 Å². The van der Waals surface area contributed by atoms with Gasteiger partial charge < -0.3 is 5.73 Å². The second kappa shape index (κ2) is 4.72. The maximum absolute atomic E-state index is 11.5. The monoisotopic (exact) mass is 283 g/mol. The largest absolute Gasteiger partial charge is 0.398 e. The van der Waals surface area contributed by atoms with E-state index >= 15 is 0 Å². The standard InChI is InChI=1S/C9H6BrN3O3/c10-3-7(14)8-6(12)2-1-5(4-11)9(8)13(15)16/h1-2H,3,12H2. The molecule has 2 N–H and O–H groups in total. The van der Waals surface area contributed by atoms with Gasteiger partial charge in [-0.25, -0.2) is 0 Å². The van der Waals surface area contributed by atoms with E-state index in [1.807, 2.05) is 0 Å². The zero-order valence-corrected chi connectivity index (χ0v) is 9.52. The molecule has 0 radical (unpaired) electrons. The lowest BCUT2D eigenvalue weighted by Gasteiger charge is -2.04. The van der Waals surface area contributed by atoms with Gasteiger partial charge >= 0.3 is 0 Å². The molecule has 0 atom stereocenters. The summed E-state index contributed by atoms with van der Waals surface area (Å²) in [5, 5.41) is 19.4. The Balaban J connectivity index is 3.62. The number of hydrogen-bond donors (Lipinski definition) is 1. The Morgan fingerprint density at radius 1 is 1.62 bits per heavy atom. The molecule has 0 fully saturated rings. The minimum absolute atomic E-state index is 0.00449. The van der Waals surface area contributed by atoms with Gasteiger partial charge in [0.2, 0.25) is 0 Å². The van der Waals surface area contributed by atoms with Crippen molar-refractivity contribution in [3.05, 3.63) is 33.4 Å². The van der Waals surface area contributed by atoms with Crippen molar-refractivity contribution in [1.29, 1.82) is 5.26 Å². The summed E-state index contributed by atoms with van der Waals surface area (Å²) in [7, 11) is 0. The van der Waals surface area contributed by atoms with Gasteiger partial charge in [0, 0.05) is 5.69 Å². The molecule has 0 saturated heterocycles. The van der Waals surface area contributed by atoms with E-state index in [4.69, 9.17) is 11.0 Å². The summed E-state index contributed by atoms with van der Waals surface area (Å²) in [5.74, 6) is -0.527. The molecule has 0 bridgehead atoms. The Kier molecular flexibility index (Phi) is 3.58. The first kappa shape index (κ1) is 12.1. The van der Waals surface area contributed by atoms with Crippen LogP contribution in [-0.4, -0.2) is 16.0 Å². The van der Waals surface area contributed by atoms with Gasteiger partial charge in [-0.15, -0.1) is 0 Å². The van der Waals surface area contributed by atoms with Crippen molar-refractivity contribution < 1.29 is 9.72 Å². The molecule has 82 valence electrons. The number of nitro benzene ring substituents is 1. The number of halogens is 1. The number of ketones is 1. The second-order valence-corrected chi connectivity index (χ2v) is 3.41. The Bertz CT molecular complexity index is 507. The zero-order valence-electron chi connectivity index (χ0n) is 7.94. The SMILES string of the molecule is N#Cc1ccc(N)c(C(=O)CBr)c1[N+](=O)[O-]. The Morgan fingerprint density at radius 3 is 2.69 bits per heavy atom. The molecule has 1 aromatic rings. The molecule has 16 heavy (non-hydrogen) atoms. The number of nitriles is 1. The third-order valence-corrected chi connectivity index (χ3v) is 2.42. The summed E-state index contributed by atoms with van der Waals surface area (Å²) in [4.78, 5) is 21.5. The van der Waals surface area contributed by atoms with Crippen LogP contribution in [-0.2, 0) is 0 Å². The number of benzene rings is 1. The van der Waals surface area contributed by atoms with Gasteiger partial charge in [0.15, 0.2) is 5.78 Å². The van der Waals surface area contributed by atoms with E-state index in [9.17, 15) is 14.9 Å². The lowest BCUT2D eigenvalue weighted by atomic mass is 10.0. The smallest absolute Gasteiger partial charge is 0.299 e. The molecule has 0 aliphatic carbocycles. The van der Waals surface area contributed by atoms with E-state index in [0.29, 0.717) is 0 Å². The van der Waals surface area contributed by atoms with Crippen molar-refractivity contribution in [3.63, 3.8) is 0 Å². The number of nitrogens with zero attached hydrogens (tertiary/aromatic N) is 2. The van der Waals surface area contributed by atoms with E-state index in [2.05, 4.69) is 15.9 Å². The maximum Gasteiger partial charge on any atom is 0.299 e. The zero-order chi connectivity index (χ0) is 12.3. The number of hydrogen-bond acceptors (Lipinski definition) is 5. The predicted molar refractivity (Wildman–Crippen MR) is 60.3 cm³/mol. The molecule has 0 aliphatic rings. The molecule has 1 aromatic carbocycles. The van der Waals surface area contributed by atoms with Crippen molar-refractivity contribution in [1.82, 2.24) is 0 Å². The van der Waals surface area contributed by atoms with Crippen LogP contribution in [0.2, 0.25) is 0 Å². The van der Waals surface area contributed by atoms with Crippen LogP contribution in [0.3, 0.4) is 0 Å². The van der Waals surface area contributed by atoms with Crippen LogP contribution >= 0.6 is 15.9 Å². The normalized spacial score (nSPS) is 9.50. The third-order valence-electron chi connectivity index (χ3n) is 1.91. The predicted octanol–water partition coefficient (Wildman–Crippen LogP) is 1.63. The van der Waals surface area contributed by atoms with Crippen molar-refractivity contribution in [3.8, 4) is 6.07 Å². The fourth-order valence-electron chi connectivity index (χ4n) is 1.25. The molecular weight excluding hydrogens is 278 g/mol. The number of alkyl halides is 1. The molecule has 0 heterocycles. The Hall–Kier alpha value is -1.94. The highest BCUT2D eigenvalue weighted by molar-refractivity contribution is 9.09. The van der Waals surface area contributed by atoms with E-state index in [0.717, 1.165) is 0 Å². The van der Waals surface area contributed by atoms with E-state index in [-0.39, 0.29) is 22.1 Å². The Labute approximate surface area is 98.9 Å². The molecule has 1 rings (SSSR count). The quantitative estimate of drug-likeness (QED) is 0.298. The van der Waals surface area contributed by atoms with Gasteiger partial charge in [0.25, 0.3) is 5.69 Å². The number of rotatable bonds is 3. The first-order chi connectivity index (χ1) is 7.52. The van der Waals surface area contributed by atoms with Crippen molar-refractivity contribution in [2.75, 3.05) is 11.1 Å². The summed E-state index contributed by atoms with van der Waals surface area (Å²) in [6, 6.07) is 4.19. The minimum Gasteiger partial charge on any atom is -0.398 e. The van der Waals surface area contributed by atoms with E-state index in [1.165, 1.54) is 12.1 Å². The second-order valence-electron chi connectivity index (χ2n) is 2.85. The summed E-state index contributed by atoms with van der Waals surface area (Å²) >= 11 is 2.90. The first-order valence-electron chi connectivity index (χ1n) is 4.09. The number of carbonyl (C=O) groups excluding carboxylic acids is 1. The molecular formula is C9H6BrN3O3. The first-order valence-corrected chi connectivity index (χ1v) is 5.21. The van der Waals surface area contributed by atoms with Gasteiger partial charge in [0.1, 0.15) is 17.2 Å².